The fourth-order valence-electron chi connectivity index (χ4n) is 3.78. The number of fused-ring (bicyclic) bond motifs is 1. The number of unbranched alkanes of at least 4 members (excludes halogenated alkanes) is 1. The average Bonchev–Trinajstić information content (AvgIpc) is 2.80. The summed E-state index contributed by atoms with van der Waals surface area (Å²) >= 11 is 0. The van der Waals surface area contributed by atoms with Gasteiger partial charge in [0.05, 0.1) is 12.3 Å². The van der Waals surface area contributed by atoms with Crippen LogP contribution in [0.25, 0.3) is 0 Å². The molecule has 0 fully saturated rings. The van der Waals surface area contributed by atoms with Crippen molar-refractivity contribution in [2.75, 3.05) is 30.0 Å². The molecule has 170 valence electrons. The van der Waals surface area contributed by atoms with Gasteiger partial charge < -0.3 is 19.7 Å². The Morgan fingerprint density at radius 1 is 1.00 bits per heavy atom. The number of amides is 2. The fraction of sp³-hybridized carbons (Fsp3) is 0.259. The predicted octanol–water partition coefficient (Wildman–Crippen LogP) is 5.14. The molecule has 6 nitrogen and oxygen atoms in total. The van der Waals surface area contributed by atoms with Crippen molar-refractivity contribution in [2.24, 2.45) is 0 Å². The van der Waals surface area contributed by atoms with Crippen molar-refractivity contribution in [3.05, 3.63) is 83.4 Å². The topological polar surface area (TPSA) is 67.9 Å². The van der Waals surface area contributed by atoms with E-state index in [0.717, 1.165) is 29.7 Å². The van der Waals surface area contributed by atoms with E-state index in [1.165, 1.54) is 0 Å². The Labute approximate surface area is 194 Å². The quantitative estimate of drug-likeness (QED) is 0.489. The molecule has 0 saturated carbocycles. The lowest BCUT2D eigenvalue weighted by atomic mass is 10.1. The normalized spacial score (nSPS) is 12.7. The van der Waals surface area contributed by atoms with Gasteiger partial charge in [0.2, 0.25) is 0 Å². The minimum atomic E-state index is -0.193. The highest BCUT2D eigenvalue weighted by Gasteiger charge is 2.25. The molecule has 1 heterocycles. The summed E-state index contributed by atoms with van der Waals surface area (Å²) in [6, 6.07) is 20.8. The van der Waals surface area contributed by atoms with Crippen LogP contribution in [0.1, 0.15) is 34.3 Å². The van der Waals surface area contributed by atoms with Crippen molar-refractivity contribution < 1.29 is 19.1 Å². The monoisotopic (exact) mass is 444 g/mol. The number of benzene rings is 3. The molecule has 0 aliphatic carbocycles. The summed E-state index contributed by atoms with van der Waals surface area (Å²) < 4.78 is 11.4. The van der Waals surface area contributed by atoms with Crippen LogP contribution in [0.15, 0.2) is 66.7 Å². The van der Waals surface area contributed by atoms with Crippen molar-refractivity contribution in [2.45, 2.75) is 26.7 Å². The Balaban J connectivity index is 1.37. The number of anilines is 2. The van der Waals surface area contributed by atoms with E-state index in [-0.39, 0.29) is 18.4 Å². The van der Waals surface area contributed by atoms with E-state index in [1.54, 1.807) is 29.2 Å². The Bertz CT molecular complexity index is 1160. The number of hydrogen-bond acceptors (Lipinski definition) is 4. The van der Waals surface area contributed by atoms with Gasteiger partial charge >= 0.3 is 0 Å². The maximum Gasteiger partial charge on any atom is 0.265 e. The van der Waals surface area contributed by atoms with Crippen molar-refractivity contribution in [1.29, 1.82) is 0 Å². The van der Waals surface area contributed by atoms with Crippen LogP contribution >= 0.6 is 0 Å². The second-order valence-corrected chi connectivity index (χ2v) is 8.21. The minimum Gasteiger partial charge on any atom is -0.494 e. The first-order valence-corrected chi connectivity index (χ1v) is 11.1. The fourth-order valence-corrected chi connectivity index (χ4v) is 3.78. The first kappa shape index (κ1) is 22.4. The van der Waals surface area contributed by atoms with Crippen molar-refractivity contribution in [3.8, 4) is 11.5 Å². The Morgan fingerprint density at radius 2 is 1.79 bits per heavy atom. The number of carbonyl (C=O) groups is 2. The third-order valence-corrected chi connectivity index (χ3v) is 5.47. The summed E-state index contributed by atoms with van der Waals surface area (Å²) in [5.74, 6) is 1.21. The summed E-state index contributed by atoms with van der Waals surface area (Å²) in [5.41, 5.74) is 4.06. The molecule has 3 aromatic rings. The van der Waals surface area contributed by atoms with Gasteiger partial charge in [0.15, 0.2) is 6.61 Å². The van der Waals surface area contributed by atoms with E-state index in [0.29, 0.717) is 35.8 Å². The maximum absolute atomic E-state index is 12.6. The summed E-state index contributed by atoms with van der Waals surface area (Å²) in [6.07, 6.45) is 1.61. The lowest BCUT2D eigenvalue weighted by Crippen LogP contribution is -2.39. The summed E-state index contributed by atoms with van der Waals surface area (Å²) in [5, 5.41) is 2.92. The second-order valence-electron chi connectivity index (χ2n) is 8.21. The van der Waals surface area contributed by atoms with E-state index in [1.807, 2.05) is 56.3 Å². The van der Waals surface area contributed by atoms with Crippen LogP contribution in [0.2, 0.25) is 0 Å². The van der Waals surface area contributed by atoms with Crippen molar-refractivity contribution in [3.63, 3.8) is 0 Å². The van der Waals surface area contributed by atoms with Crippen LogP contribution in [-0.2, 0) is 4.79 Å². The summed E-state index contributed by atoms with van der Waals surface area (Å²) in [4.78, 5) is 26.9. The van der Waals surface area contributed by atoms with Gasteiger partial charge in [-0.3, -0.25) is 9.59 Å². The maximum atomic E-state index is 12.6. The average molecular weight is 445 g/mol. The van der Waals surface area contributed by atoms with E-state index in [4.69, 9.17) is 9.47 Å². The molecule has 2 amide bonds. The van der Waals surface area contributed by atoms with Crippen LogP contribution in [0.3, 0.4) is 0 Å². The third kappa shape index (κ3) is 5.71. The van der Waals surface area contributed by atoms with Gasteiger partial charge in [-0.05, 0) is 74.7 Å². The van der Waals surface area contributed by atoms with Crippen LogP contribution in [0, 0.1) is 13.8 Å². The number of aryl methyl sites for hydroxylation is 2. The van der Waals surface area contributed by atoms with Gasteiger partial charge in [-0.2, -0.15) is 0 Å². The molecular weight excluding hydrogens is 416 g/mol. The zero-order valence-electron chi connectivity index (χ0n) is 19.0. The molecule has 0 saturated heterocycles. The highest BCUT2D eigenvalue weighted by molar-refractivity contribution is 6.05. The van der Waals surface area contributed by atoms with Gasteiger partial charge in [0, 0.05) is 17.8 Å². The number of nitrogens with one attached hydrogen (secondary N) is 1. The standard InChI is InChI=1S/C27H28N2O4/c1-19-7-5-9-21(15-19)27(31)28-22-11-12-25-24(17-22)29(26(30)18-33-25)13-3-4-14-32-23-10-6-8-20(2)16-23/h5-12,15-17H,3-4,13-14,18H2,1-2H3,(H,28,31). The number of nitrogens with zero attached hydrogens (tertiary/aromatic N) is 1. The van der Waals surface area contributed by atoms with E-state index < -0.39 is 0 Å². The molecule has 33 heavy (non-hydrogen) atoms. The van der Waals surface area contributed by atoms with Crippen LogP contribution in [0.5, 0.6) is 11.5 Å². The Morgan fingerprint density at radius 3 is 2.58 bits per heavy atom. The largest absolute Gasteiger partial charge is 0.494 e. The predicted molar refractivity (Wildman–Crippen MR) is 129 cm³/mol. The van der Waals surface area contributed by atoms with Gasteiger partial charge in [-0.15, -0.1) is 0 Å². The van der Waals surface area contributed by atoms with Crippen molar-refractivity contribution in [1.82, 2.24) is 0 Å². The molecule has 1 aliphatic heterocycles. The number of hydrogen-bond donors (Lipinski definition) is 1. The van der Waals surface area contributed by atoms with E-state index in [2.05, 4.69) is 5.32 Å². The van der Waals surface area contributed by atoms with Crippen LogP contribution in [-0.4, -0.2) is 31.6 Å². The first-order chi connectivity index (χ1) is 16.0. The molecule has 6 heteroatoms. The van der Waals surface area contributed by atoms with Gasteiger partial charge in [0.25, 0.3) is 11.8 Å². The smallest absolute Gasteiger partial charge is 0.265 e. The minimum absolute atomic E-state index is 0.0157. The van der Waals surface area contributed by atoms with E-state index >= 15 is 0 Å². The zero-order chi connectivity index (χ0) is 23.2. The van der Waals surface area contributed by atoms with Crippen molar-refractivity contribution >= 4 is 23.2 Å². The third-order valence-electron chi connectivity index (χ3n) is 5.47. The molecule has 0 atom stereocenters. The van der Waals surface area contributed by atoms with Gasteiger partial charge in [0.1, 0.15) is 11.5 Å². The van der Waals surface area contributed by atoms with Gasteiger partial charge in [-0.1, -0.05) is 29.8 Å². The number of ether oxygens (including phenoxy) is 2. The SMILES string of the molecule is Cc1cccc(OCCCCN2C(=O)COc3ccc(NC(=O)c4cccc(C)c4)cc32)c1. The second kappa shape index (κ2) is 10.2. The molecule has 4 rings (SSSR count). The van der Waals surface area contributed by atoms with Crippen LogP contribution in [0.4, 0.5) is 11.4 Å². The molecule has 1 aliphatic rings. The number of carbonyl (C=O) groups excluding carboxylic acids is 2. The molecule has 1 N–H and O–H groups in total. The lowest BCUT2D eigenvalue weighted by molar-refractivity contribution is -0.121. The molecule has 3 aromatic carbocycles. The highest BCUT2D eigenvalue weighted by Crippen LogP contribution is 2.35. The Hall–Kier alpha value is -3.80. The molecule has 0 aromatic heterocycles. The highest BCUT2D eigenvalue weighted by atomic mass is 16.5. The van der Waals surface area contributed by atoms with E-state index in [9.17, 15) is 9.59 Å². The summed E-state index contributed by atoms with van der Waals surface area (Å²) in [6.45, 7) is 5.14. The molecule has 0 bridgehead atoms. The number of rotatable bonds is 8. The zero-order valence-corrected chi connectivity index (χ0v) is 19.0. The molecule has 0 radical (unpaired) electrons. The molecule has 0 unspecified atom stereocenters. The van der Waals surface area contributed by atoms with Gasteiger partial charge in [-0.25, -0.2) is 0 Å². The lowest BCUT2D eigenvalue weighted by Gasteiger charge is -2.30. The van der Waals surface area contributed by atoms with Crippen LogP contribution < -0.4 is 19.7 Å². The summed E-state index contributed by atoms with van der Waals surface area (Å²) in [7, 11) is 0. The Kier molecular flexibility index (Phi) is 6.93. The molecule has 0 spiro atoms. The molecular formula is C27H28N2O4. The first-order valence-electron chi connectivity index (χ1n) is 11.1.